The van der Waals surface area contributed by atoms with Gasteiger partial charge in [-0.1, -0.05) is 25.1 Å². The van der Waals surface area contributed by atoms with Crippen molar-refractivity contribution in [3.8, 4) is 0 Å². The first kappa shape index (κ1) is 16.7. The summed E-state index contributed by atoms with van der Waals surface area (Å²) in [6.45, 7) is 5.01. The number of amides is 3. The number of esters is 1. The van der Waals surface area contributed by atoms with E-state index in [1.54, 1.807) is 31.2 Å². The van der Waals surface area contributed by atoms with Crippen LogP contribution in [0.3, 0.4) is 0 Å². The molecule has 1 aromatic carbocycles. The van der Waals surface area contributed by atoms with E-state index in [1.165, 1.54) is 0 Å². The smallest absolute Gasteiger partial charge is 0.338 e. The number of benzene rings is 1. The fourth-order valence-electron chi connectivity index (χ4n) is 1.54. The number of nitrogens with one attached hydrogen (secondary N) is 2. The highest BCUT2D eigenvalue weighted by molar-refractivity contribution is 5.97. The third-order valence-electron chi connectivity index (χ3n) is 2.94. The third kappa shape index (κ3) is 5.64. The normalized spacial score (nSPS) is 11.4. The maximum atomic E-state index is 11.8. The highest BCUT2D eigenvalue weighted by Crippen LogP contribution is 2.08. The number of imide groups is 1. The van der Waals surface area contributed by atoms with Gasteiger partial charge in [0.2, 0.25) is 0 Å². The Balaban J connectivity index is 2.41. The quantitative estimate of drug-likeness (QED) is 0.810. The largest absolute Gasteiger partial charge is 0.452 e. The Morgan fingerprint density at radius 2 is 1.90 bits per heavy atom. The lowest BCUT2D eigenvalue weighted by molar-refractivity contribution is -0.123. The van der Waals surface area contributed by atoms with Gasteiger partial charge in [0.05, 0.1) is 5.56 Å². The first-order valence-electron chi connectivity index (χ1n) is 6.77. The van der Waals surface area contributed by atoms with Crippen molar-refractivity contribution >= 4 is 17.9 Å². The van der Waals surface area contributed by atoms with E-state index >= 15 is 0 Å². The zero-order valence-electron chi connectivity index (χ0n) is 12.4. The number of carbonyl (C=O) groups is 3. The van der Waals surface area contributed by atoms with Crippen LogP contribution in [-0.4, -0.2) is 30.6 Å². The van der Waals surface area contributed by atoms with Crippen molar-refractivity contribution in [3.63, 3.8) is 0 Å². The van der Waals surface area contributed by atoms with Gasteiger partial charge in [-0.3, -0.25) is 10.1 Å². The van der Waals surface area contributed by atoms with E-state index < -0.39 is 24.5 Å². The zero-order valence-corrected chi connectivity index (χ0v) is 12.4. The molecule has 1 atom stereocenters. The first-order chi connectivity index (χ1) is 9.93. The van der Waals surface area contributed by atoms with Gasteiger partial charge in [-0.25, -0.2) is 9.59 Å². The Morgan fingerprint density at radius 1 is 1.24 bits per heavy atom. The summed E-state index contributed by atoms with van der Waals surface area (Å²) in [4.78, 5) is 34.7. The fourth-order valence-corrected chi connectivity index (χ4v) is 1.54. The minimum absolute atomic E-state index is 0.0349. The van der Waals surface area contributed by atoms with Crippen molar-refractivity contribution in [3.05, 3.63) is 35.4 Å². The molecule has 0 spiro atoms. The topological polar surface area (TPSA) is 84.5 Å². The molecule has 0 unspecified atom stereocenters. The van der Waals surface area contributed by atoms with Gasteiger partial charge in [-0.05, 0) is 31.9 Å². The molecule has 0 heterocycles. The van der Waals surface area contributed by atoms with Crippen LogP contribution in [0.25, 0.3) is 0 Å². The number of ether oxygens (including phenoxy) is 1. The van der Waals surface area contributed by atoms with Crippen molar-refractivity contribution in [1.29, 1.82) is 0 Å². The molecule has 0 radical (unpaired) electrons. The van der Waals surface area contributed by atoms with Gasteiger partial charge >= 0.3 is 12.0 Å². The van der Waals surface area contributed by atoms with Gasteiger partial charge in [0.25, 0.3) is 5.91 Å². The van der Waals surface area contributed by atoms with E-state index in [0.717, 1.165) is 12.0 Å². The van der Waals surface area contributed by atoms with Crippen molar-refractivity contribution in [2.75, 3.05) is 6.61 Å². The van der Waals surface area contributed by atoms with E-state index in [-0.39, 0.29) is 6.04 Å². The highest BCUT2D eigenvalue weighted by atomic mass is 16.5. The highest BCUT2D eigenvalue weighted by Gasteiger charge is 2.14. The third-order valence-corrected chi connectivity index (χ3v) is 2.94. The predicted octanol–water partition coefficient (Wildman–Crippen LogP) is 1.78. The molecule has 0 saturated heterocycles. The molecular weight excluding hydrogens is 272 g/mol. The lowest BCUT2D eigenvalue weighted by Gasteiger charge is -2.12. The zero-order chi connectivity index (χ0) is 15.8. The summed E-state index contributed by atoms with van der Waals surface area (Å²) < 4.78 is 4.87. The van der Waals surface area contributed by atoms with Crippen LogP contribution in [0.4, 0.5) is 4.79 Å². The second kappa shape index (κ2) is 8.04. The second-order valence-electron chi connectivity index (χ2n) is 4.72. The number of hydrogen-bond acceptors (Lipinski definition) is 4. The van der Waals surface area contributed by atoms with Gasteiger partial charge in [-0.15, -0.1) is 0 Å². The average molecular weight is 292 g/mol. The Morgan fingerprint density at radius 3 is 2.52 bits per heavy atom. The predicted molar refractivity (Wildman–Crippen MR) is 77.9 cm³/mol. The van der Waals surface area contributed by atoms with Crippen LogP contribution in [0, 0.1) is 6.92 Å². The molecule has 0 fully saturated rings. The lowest BCUT2D eigenvalue weighted by atomic mass is 10.1. The molecule has 21 heavy (non-hydrogen) atoms. The van der Waals surface area contributed by atoms with E-state index in [0.29, 0.717) is 5.56 Å². The molecule has 3 amide bonds. The van der Waals surface area contributed by atoms with E-state index in [9.17, 15) is 14.4 Å². The molecule has 0 aliphatic carbocycles. The van der Waals surface area contributed by atoms with Crippen molar-refractivity contribution in [2.24, 2.45) is 0 Å². The van der Waals surface area contributed by atoms with Crippen LogP contribution in [-0.2, 0) is 9.53 Å². The fraction of sp³-hybridized carbons (Fsp3) is 0.400. The van der Waals surface area contributed by atoms with Crippen LogP contribution >= 0.6 is 0 Å². The molecule has 6 nitrogen and oxygen atoms in total. The first-order valence-corrected chi connectivity index (χ1v) is 6.77. The maximum absolute atomic E-state index is 11.8. The number of rotatable bonds is 5. The van der Waals surface area contributed by atoms with Crippen molar-refractivity contribution in [1.82, 2.24) is 10.6 Å². The SMILES string of the molecule is CC[C@@H](C)NC(=O)NC(=O)COC(=O)c1ccccc1C. The number of hydrogen-bond donors (Lipinski definition) is 2. The Kier molecular flexibility index (Phi) is 6.39. The monoisotopic (exact) mass is 292 g/mol. The Hall–Kier alpha value is -2.37. The van der Waals surface area contributed by atoms with E-state index in [1.807, 2.05) is 13.8 Å². The van der Waals surface area contributed by atoms with Gasteiger partial charge in [0.1, 0.15) is 0 Å². The van der Waals surface area contributed by atoms with Gasteiger partial charge in [0, 0.05) is 6.04 Å². The van der Waals surface area contributed by atoms with Gasteiger partial charge < -0.3 is 10.1 Å². The van der Waals surface area contributed by atoms with Crippen LogP contribution in [0.1, 0.15) is 36.2 Å². The average Bonchev–Trinajstić information content (AvgIpc) is 2.44. The van der Waals surface area contributed by atoms with Crippen molar-refractivity contribution in [2.45, 2.75) is 33.2 Å². The van der Waals surface area contributed by atoms with Gasteiger partial charge in [0.15, 0.2) is 6.61 Å². The van der Waals surface area contributed by atoms with E-state index in [2.05, 4.69) is 10.6 Å². The Bertz CT molecular complexity index is 528. The summed E-state index contributed by atoms with van der Waals surface area (Å²) in [5.41, 5.74) is 1.16. The number of aryl methyl sites for hydroxylation is 1. The van der Waals surface area contributed by atoms with Gasteiger partial charge in [-0.2, -0.15) is 0 Å². The second-order valence-corrected chi connectivity index (χ2v) is 4.72. The summed E-state index contributed by atoms with van der Waals surface area (Å²) >= 11 is 0. The molecular formula is C15H20N2O4. The molecule has 0 aliphatic heterocycles. The molecule has 1 aromatic rings. The molecule has 0 aromatic heterocycles. The van der Waals surface area contributed by atoms with Crippen LogP contribution in [0.2, 0.25) is 0 Å². The summed E-state index contributed by atoms with van der Waals surface area (Å²) in [6, 6.07) is 6.27. The van der Waals surface area contributed by atoms with Crippen molar-refractivity contribution < 1.29 is 19.1 Å². The molecule has 0 bridgehead atoms. The molecule has 0 saturated carbocycles. The minimum Gasteiger partial charge on any atom is -0.452 e. The van der Waals surface area contributed by atoms with Crippen LogP contribution < -0.4 is 10.6 Å². The molecule has 1 rings (SSSR count). The molecule has 2 N–H and O–H groups in total. The van der Waals surface area contributed by atoms with Crippen LogP contribution in [0.5, 0.6) is 0 Å². The standard InChI is InChI=1S/C15H20N2O4/c1-4-11(3)16-15(20)17-13(18)9-21-14(19)12-8-6-5-7-10(12)2/h5-8,11H,4,9H2,1-3H3,(H2,16,17,18,20)/t11-/m1/s1. The molecule has 6 heteroatoms. The lowest BCUT2D eigenvalue weighted by Crippen LogP contribution is -2.44. The van der Waals surface area contributed by atoms with Crippen LogP contribution in [0.15, 0.2) is 24.3 Å². The van der Waals surface area contributed by atoms with E-state index in [4.69, 9.17) is 4.74 Å². The molecule has 114 valence electrons. The minimum atomic E-state index is -0.669. The summed E-state index contributed by atoms with van der Waals surface area (Å²) in [7, 11) is 0. The Labute approximate surface area is 123 Å². The summed E-state index contributed by atoms with van der Waals surface area (Å²) in [5.74, 6) is -1.26. The maximum Gasteiger partial charge on any atom is 0.338 e. The summed E-state index contributed by atoms with van der Waals surface area (Å²) in [5, 5.41) is 4.68. The number of carbonyl (C=O) groups excluding carboxylic acids is 3. The summed E-state index contributed by atoms with van der Waals surface area (Å²) in [6.07, 6.45) is 0.754. The molecule has 0 aliphatic rings. The number of urea groups is 1.